The van der Waals surface area contributed by atoms with Crippen LogP contribution in [0.4, 0.5) is 0 Å². The van der Waals surface area contributed by atoms with Crippen LogP contribution in [0.15, 0.2) is 47.4 Å². The number of carbonyl (C=O) groups is 1. The van der Waals surface area contributed by atoms with Crippen LogP contribution in [0.3, 0.4) is 0 Å². The maximum absolute atomic E-state index is 12.2. The van der Waals surface area contributed by atoms with Gasteiger partial charge in [0, 0.05) is 11.8 Å². The lowest BCUT2D eigenvalue weighted by atomic mass is 10.2. The van der Waals surface area contributed by atoms with Crippen molar-refractivity contribution in [2.24, 2.45) is 0 Å². The van der Waals surface area contributed by atoms with Crippen molar-refractivity contribution in [2.45, 2.75) is 6.92 Å². The number of fused-ring (bicyclic) bond motifs is 1. The van der Waals surface area contributed by atoms with E-state index >= 15 is 0 Å². The molecule has 6 nitrogen and oxygen atoms in total. The summed E-state index contributed by atoms with van der Waals surface area (Å²) in [7, 11) is 1.36. The lowest BCUT2D eigenvalue weighted by Crippen LogP contribution is -1.99. The first-order valence-electron chi connectivity index (χ1n) is 7.25. The Morgan fingerprint density at radius 1 is 1.33 bits per heavy atom. The van der Waals surface area contributed by atoms with Gasteiger partial charge < -0.3 is 9.15 Å². The highest BCUT2D eigenvalue weighted by atomic mass is 32.1. The number of ether oxygens (including phenoxy) is 1. The zero-order chi connectivity index (χ0) is 16.7. The number of aromatic nitrogens is 3. The second-order valence-corrected chi connectivity index (χ2v) is 6.19. The van der Waals surface area contributed by atoms with E-state index in [1.165, 1.54) is 18.4 Å². The summed E-state index contributed by atoms with van der Waals surface area (Å²) in [4.78, 5) is 17.3. The number of aryl methyl sites for hydroxylation is 1. The Hall–Kier alpha value is -2.93. The van der Waals surface area contributed by atoms with Gasteiger partial charge in [-0.25, -0.2) is 14.3 Å². The maximum Gasteiger partial charge on any atom is 0.350 e. The smallest absolute Gasteiger partial charge is 0.350 e. The Morgan fingerprint density at radius 2 is 2.21 bits per heavy atom. The molecule has 120 valence electrons. The summed E-state index contributed by atoms with van der Waals surface area (Å²) in [6.07, 6.45) is 5.00. The standard InChI is InChI=1S/C17H13N3O3S/c1-10-13(12-5-3-4-7-20(12)19-10)16-18-14(11-6-8-23-9-11)15(24-16)17(21)22-2/h3-9H,1-2H3. The number of methoxy groups -OCH3 is 1. The van der Waals surface area contributed by atoms with Gasteiger partial charge in [-0.1, -0.05) is 6.07 Å². The largest absolute Gasteiger partial charge is 0.472 e. The van der Waals surface area contributed by atoms with Crippen molar-refractivity contribution < 1.29 is 13.9 Å². The molecule has 0 aliphatic carbocycles. The van der Waals surface area contributed by atoms with Gasteiger partial charge in [-0.3, -0.25) is 0 Å². The summed E-state index contributed by atoms with van der Waals surface area (Å²) >= 11 is 1.30. The zero-order valence-electron chi connectivity index (χ0n) is 13.0. The van der Waals surface area contributed by atoms with Crippen molar-refractivity contribution in [2.75, 3.05) is 7.11 Å². The Balaban J connectivity index is 1.96. The number of nitrogens with zero attached hydrogens (tertiary/aromatic N) is 3. The van der Waals surface area contributed by atoms with E-state index in [4.69, 9.17) is 9.15 Å². The van der Waals surface area contributed by atoms with E-state index in [1.807, 2.05) is 31.3 Å². The fraction of sp³-hybridized carbons (Fsp3) is 0.118. The van der Waals surface area contributed by atoms with Crippen molar-refractivity contribution in [1.82, 2.24) is 14.6 Å². The van der Waals surface area contributed by atoms with Crippen LogP contribution in [0, 0.1) is 6.92 Å². The Bertz CT molecular complexity index is 1030. The van der Waals surface area contributed by atoms with Gasteiger partial charge in [0.05, 0.1) is 42.1 Å². The molecule has 24 heavy (non-hydrogen) atoms. The van der Waals surface area contributed by atoms with E-state index in [1.54, 1.807) is 23.1 Å². The zero-order valence-corrected chi connectivity index (χ0v) is 13.8. The van der Waals surface area contributed by atoms with Gasteiger partial charge in [0.1, 0.15) is 9.88 Å². The van der Waals surface area contributed by atoms with E-state index in [0.29, 0.717) is 10.6 Å². The highest BCUT2D eigenvalue weighted by Crippen LogP contribution is 2.37. The lowest BCUT2D eigenvalue weighted by Gasteiger charge is -1.96. The molecule has 0 atom stereocenters. The molecule has 0 bridgehead atoms. The van der Waals surface area contributed by atoms with Crippen LogP contribution in [-0.2, 0) is 4.74 Å². The van der Waals surface area contributed by atoms with Gasteiger partial charge in [0.2, 0.25) is 0 Å². The third-order valence-corrected chi connectivity index (χ3v) is 4.77. The third kappa shape index (κ3) is 2.21. The van der Waals surface area contributed by atoms with Crippen molar-refractivity contribution in [3.8, 4) is 21.8 Å². The number of hydrogen-bond donors (Lipinski definition) is 0. The first kappa shape index (κ1) is 14.6. The molecule has 4 rings (SSSR count). The van der Waals surface area contributed by atoms with Crippen molar-refractivity contribution in [3.63, 3.8) is 0 Å². The topological polar surface area (TPSA) is 69.6 Å². The highest BCUT2D eigenvalue weighted by molar-refractivity contribution is 7.17. The monoisotopic (exact) mass is 339 g/mol. The van der Waals surface area contributed by atoms with E-state index in [-0.39, 0.29) is 0 Å². The SMILES string of the molecule is COC(=O)c1sc(-c2c(C)nn3ccccc23)nc1-c1ccoc1. The molecule has 0 aliphatic rings. The molecule has 4 aromatic heterocycles. The van der Waals surface area contributed by atoms with E-state index in [0.717, 1.165) is 27.3 Å². The molecular weight excluding hydrogens is 326 g/mol. The molecular formula is C17H13N3O3S. The van der Waals surface area contributed by atoms with Crippen LogP contribution in [0.2, 0.25) is 0 Å². The Kier molecular flexibility index (Phi) is 3.42. The van der Waals surface area contributed by atoms with Gasteiger partial charge in [0.15, 0.2) is 0 Å². The second-order valence-electron chi connectivity index (χ2n) is 5.19. The second kappa shape index (κ2) is 5.61. The molecule has 0 spiro atoms. The van der Waals surface area contributed by atoms with Gasteiger partial charge in [-0.2, -0.15) is 5.10 Å². The molecule has 0 saturated heterocycles. The molecule has 0 aromatic carbocycles. The fourth-order valence-corrected chi connectivity index (χ4v) is 3.75. The quantitative estimate of drug-likeness (QED) is 0.531. The summed E-state index contributed by atoms with van der Waals surface area (Å²) in [6, 6.07) is 7.62. The normalized spacial score (nSPS) is 11.1. The van der Waals surface area contributed by atoms with Crippen LogP contribution >= 0.6 is 11.3 Å². The fourth-order valence-electron chi connectivity index (χ4n) is 2.63. The number of thiazole rings is 1. The number of esters is 1. The van der Waals surface area contributed by atoms with Gasteiger partial charge in [0.25, 0.3) is 0 Å². The van der Waals surface area contributed by atoms with Gasteiger partial charge in [-0.05, 0) is 25.1 Å². The molecule has 0 amide bonds. The van der Waals surface area contributed by atoms with Gasteiger partial charge >= 0.3 is 5.97 Å². The first-order valence-corrected chi connectivity index (χ1v) is 8.06. The molecule has 4 heterocycles. The summed E-state index contributed by atoms with van der Waals surface area (Å²) < 4.78 is 11.8. The molecule has 0 saturated carbocycles. The Morgan fingerprint density at radius 3 is 2.96 bits per heavy atom. The predicted octanol–water partition coefficient (Wildman–Crippen LogP) is 3.81. The van der Waals surface area contributed by atoms with E-state index in [9.17, 15) is 4.79 Å². The molecule has 4 aromatic rings. The number of furan rings is 1. The van der Waals surface area contributed by atoms with Crippen LogP contribution in [-0.4, -0.2) is 27.7 Å². The number of hydrogen-bond acceptors (Lipinski definition) is 6. The average Bonchev–Trinajstić information content (AvgIpc) is 3.30. The van der Waals surface area contributed by atoms with E-state index < -0.39 is 5.97 Å². The van der Waals surface area contributed by atoms with Crippen LogP contribution in [0.1, 0.15) is 15.4 Å². The molecule has 0 fully saturated rings. The summed E-state index contributed by atoms with van der Waals surface area (Å²) in [5.41, 5.74) is 4.02. The minimum atomic E-state index is -0.413. The first-order chi connectivity index (χ1) is 11.7. The summed E-state index contributed by atoms with van der Waals surface area (Å²) in [6.45, 7) is 1.93. The highest BCUT2D eigenvalue weighted by Gasteiger charge is 2.24. The molecule has 7 heteroatoms. The number of rotatable bonds is 3. The minimum absolute atomic E-state index is 0.413. The van der Waals surface area contributed by atoms with Crippen molar-refractivity contribution in [3.05, 3.63) is 53.6 Å². The van der Waals surface area contributed by atoms with Crippen LogP contribution in [0.5, 0.6) is 0 Å². The average molecular weight is 339 g/mol. The molecule has 0 unspecified atom stereocenters. The van der Waals surface area contributed by atoms with Crippen molar-refractivity contribution >= 4 is 22.8 Å². The molecule has 0 radical (unpaired) electrons. The maximum atomic E-state index is 12.2. The third-order valence-electron chi connectivity index (χ3n) is 3.72. The predicted molar refractivity (Wildman–Crippen MR) is 90.1 cm³/mol. The lowest BCUT2D eigenvalue weighted by molar-refractivity contribution is 0.0607. The van der Waals surface area contributed by atoms with Gasteiger partial charge in [-0.15, -0.1) is 11.3 Å². The number of carbonyl (C=O) groups excluding carboxylic acids is 1. The van der Waals surface area contributed by atoms with Crippen LogP contribution in [0.25, 0.3) is 27.3 Å². The van der Waals surface area contributed by atoms with Crippen LogP contribution < -0.4 is 0 Å². The minimum Gasteiger partial charge on any atom is -0.472 e. The number of pyridine rings is 1. The van der Waals surface area contributed by atoms with E-state index in [2.05, 4.69) is 10.1 Å². The molecule has 0 aliphatic heterocycles. The van der Waals surface area contributed by atoms with Crippen molar-refractivity contribution in [1.29, 1.82) is 0 Å². The Labute approximate surface area is 141 Å². The summed E-state index contributed by atoms with van der Waals surface area (Å²) in [5, 5.41) is 5.23. The summed E-state index contributed by atoms with van der Waals surface area (Å²) in [5.74, 6) is -0.413. The molecule has 0 N–H and O–H groups in total.